The van der Waals surface area contributed by atoms with E-state index in [9.17, 15) is 14.4 Å². The highest BCUT2D eigenvalue weighted by atomic mass is 16.2. The molecule has 0 saturated heterocycles. The molecule has 8 heteroatoms. The second-order valence-corrected chi connectivity index (χ2v) is 8.17. The van der Waals surface area contributed by atoms with Crippen LogP contribution >= 0.6 is 0 Å². The number of aryl methyl sites for hydroxylation is 2. The van der Waals surface area contributed by atoms with Crippen molar-refractivity contribution in [1.29, 1.82) is 0 Å². The number of rotatable bonds is 4. The molecule has 1 aliphatic carbocycles. The monoisotopic (exact) mass is 397 g/mol. The fourth-order valence-electron chi connectivity index (χ4n) is 4.08. The SMILES string of the molecule is CC(C)C(=O)N1CCn2nc(CNC(=O)c3cc4c([nH]c3=O)CCCC4)cc2C1. The largest absolute Gasteiger partial charge is 0.346 e. The van der Waals surface area contributed by atoms with E-state index in [2.05, 4.69) is 15.4 Å². The van der Waals surface area contributed by atoms with Crippen molar-refractivity contribution < 1.29 is 9.59 Å². The highest BCUT2D eigenvalue weighted by molar-refractivity contribution is 5.94. The number of pyridine rings is 1. The summed E-state index contributed by atoms with van der Waals surface area (Å²) in [6.07, 6.45) is 3.91. The van der Waals surface area contributed by atoms with E-state index in [4.69, 9.17) is 0 Å². The second-order valence-electron chi connectivity index (χ2n) is 8.17. The molecule has 2 amide bonds. The minimum Gasteiger partial charge on any atom is -0.346 e. The Morgan fingerprint density at radius 2 is 2.00 bits per heavy atom. The second kappa shape index (κ2) is 7.85. The molecule has 29 heavy (non-hydrogen) atoms. The zero-order valence-electron chi connectivity index (χ0n) is 17.0. The first kappa shape index (κ1) is 19.4. The molecule has 2 aliphatic rings. The topological polar surface area (TPSA) is 100 Å². The summed E-state index contributed by atoms with van der Waals surface area (Å²) in [4.78, 5) is 41.8. The van der Waals surface area contributed by atoms with Crippen LogP contribution in [0.4, 0.5) is 0 Å². The fraction of sp³-hybridized carbons (Fsp3) is 0.524. The number of aromatic amines is 1. The van der Waals surface area contributed by atoms with Crippen molar-refractivity contribution in [2.24, 2.45) is 5.92 Å². The third kappa shape index (κ3) is 3.97. The number of nitrogens with one attached hydrogen (secondary N) is 2. The zero-order valence-corrected chi connectivity index (χ0v) is 17.0. The summed E-state index contributed by atoms with van der Waals surface area (Å²) in [6.45, 7) is 5.86. The van der Waals surface area contributed by atoms with Crippen molar-refractivity contribution >= 4 is 11.8 Å². The molecule has 2 aromatic rings. The number of nitrogens with zero attached hydrogens (tertiary/aromatic N) is 3. The minimum atomic E-state index is -0.387. The Hall–Kier alpha value is -2.90. The van der Waals surface area contributed by atoms with E-state index in [-0.39, 0.29) is 35.4 Å². The summed E-state index contributed by atoms with van der Waals surface area (Å²) in [6, 6.07) is 3.65. The molecule has 3 heterocycles. The van der Waals surface area contributed by atoms with E-state index in [0.29, 0.717) is 19.6 Å². The fourth-order valence-corrected chi connectivity index (χ4v) is 4.08. The molecule has 0 radical (unpaired) electrons. The van der Waals surface area contributed by atoms with Gasteiger partial charge in [0.25, 0.3) is 11.5 Å². The normalized spacial score (nSPS) is 15.8. The van der Waals surface area contributed by atoms with E-state index >= 15 is 0 Å². The number of carbonyl (C=O) groups is 2. The van der Waals surface area contributed by atoms with Crippen molar-refractivity contribution in [1.82, 2.24) is 25.0 Å². The van der Waals surface area contributed by atoms with Gasteiger partial charge in [0.2, 0.25) is 5.91 Å². The zero-order chi connectivity index (χ0) is 20.5. The van der Waals surface area contributed by atoms with Gasteiger partial charge in [-0.2, -0.15) is 5.10 Å². The molecule has 0 atom stereocenters. The Balaban J connectivity index is 1.42. The molecule has 0 fully saturated rings. The van der Waals surface area contributed by atoms with Gasteiger partial charge < -0.3 is 15.2 Å². The number of carbonyl (C=O) groups excluding carboxylic acids is 2. The van der Waals surface area contributed by atoms with Crippen molar-refractivity contribution in [3.63, 3.8) is 0 Å². The van der Waals surface area contributed by atoms with Crippen molar-refractivity contribution in [2.45, 2.75) is 59.2 Å². The molecular weight excluding hydrogens is 370 g/mol. The summed E-state index contributed by atoms with van der Waals surface area (Å²) >= 11 is 0. The number of hydrogen-bond donors (Lipinski definition) is 2. The molecule has 1 aliphatic heterocycles. The van der Waals surface area contributed by atoms with Crippen LogP contribution in [-0.2, 0) is 37.3 Å². The van der Waals surface area contributed by atoms with Crippen LogP contribution in [0.5, 0.6) is 0 Å². The number of fused-ring (bicyclic) bond motifs is 2. The Labute approximate surface area is 169 Å². The van der Waals surface area contributed by atoms with Crippen molar-refractivity contribution in [3.05, 3.63) is 50.7 Å². The molecule has 154 valence electrons. The van der Waals surface area contributed by atoms with Gasteiger partial charge in [0, 0.05) is 18.2 Å². The first-order valence-corrected chi connectivity index (χ1v) is 10.3. The van der Waals surface area contributed by atoms with E-state index < -0.39 is 0 Å². The molecule has 8 nitrogen and oxygen atoms in total. The van der Waals surface area contributed by atoms with E-state index in [0.717, 1.165) is 48.3 Å². The lowest BCUT2D eigenvalue weighted by Crippen LogP contribution is -2.40. The Morgan fingerprint density at radius 3 is 2.79 bits per heavy atom. The van der Waals surface area contributed by atoms with Crippen molar-refractivity contribution in [2.75, 3.05) is 6.54 Å². The maximum atomic E-state index is 12.6. The molecule has 2 aromatic heterocycles. The van der Waals surface area contributed by atoms with E-state index in [1.54, 1.807) is 6.07 Å². The maximum Gasteiger partial charge on any atom is 0.261 e. The molecule has 2 N–H and O–H groups in total. The summed E-state index contributed by atoms with van der Waals surface area (Å²) in [5.74, 6) is -0.279. The Bertz CT molecular complexity index is 1000. The average Bonchev–Trinajstić information content (AvgIpc) is 3.13. The molecule has 0 saturated carbocycles. The number of H-pyrrole nitrogens is 1. The van der Waals surface area contributed by atoms with E-state index in [1.807, 2.05) is 29.5 Å². The highest BCUT2D eigenvalue weighted by Gasteiger charge is 2.24. The Kier molecular flexibility index (Phi) is 5.25. The lowest BCUT2D eigenvalue weighted by Gasteiger charge is -2.29. The van der Waals surface area contributed by atoms with Gasteiger partial charge in [-0.05, 0) is 43.4 Å². The first-order valence-electron chi connectivity index (χ1n) is 10.3. The van der Waals surface area contributed by atoms with Crippen LogP contribution in [-0.4, -0.2) is 38.0 Å². The van der Waals surface area contributed by atoms with Gasteiger partial charge in [-0.1, -0.05) is 13.8 Å². The van der Waals surface area contributed by atoms with Gasteiger partial charge in [-0.15, -0.1) is 0 Å². The Morgan fingerprint density at radius 1 is 1.21 bits per heavy atom. The highest BCUT2D eigenvalue weighted by Crippen LogP contribution is 2.19. The predicted molar refractivity (Wildman–Crippen MR) is 107 cm³/mol. The van der Waals surface area contributed by atoms with Crippen LogP contribution in [0, 0.1) is 5.92 Å². The molecule has 0 bridgehead atoms. The molecule has 0 unspecified atom stereocenters. The summed E-state index contributed by atoms with van der Waals surface area (Å²) in [5, 5.41) is 7.33. The number of amides is 2. The average molecular weight is 397 g/mol. The summed E-state index contributed by atoms with van der Waals surface area (Å²) < 4.78 is 1.89. The lowest BCUT2D eigenvalue weighted by atomic mass is 9.95. The van der Waals surface area contributed by atoms with Gasteiger partial charge in [-0.25, -0.2) is 0 Å². The van der Waals surface area contributed by atoms with Crippen LogP contribution in [0.2, 0.25) is 0 Å². The molecule has 0 aromatic carbocycles. The summed E-state index contributed by atoms with van der Waals surface area (Å²) in [7, 11) is 0. The smallest absolute Gasteiger partial charge is 0.261 e. The first-order chi connectivity index (χ1) is 13.9. The number of aromatic nitrogens is 3. The van der Waals surface area contributed by atoms with Crippen LogP contribution in [0.1, 0.15) is 59.7 Å². The van der Waals surface area contributed by atoms with Crippen LogP contribution < -0.4 is 10.9 Å². The molecule has 4 rings (SSSR count). The van der Waals surface area contributed by atoms with Crippen LogP contribution in [0.15, 0.2) is 16.9 Å². The molecular formula is C21H27N5O3. The minimum absolute atomic E-state index is 0.0297. The maximum absolute atomic E-state index is 12.6. The van der Waals surface area contributed by atoms with Crippen LogP contribution in [0.25, 0.3) is 0 Å². The third-order valence-corrected chi connectivity index (χ3v) is 5.67. The lowest BCUT2D eigenvalue weighted by molar-refractivity contribution is -0.136. The quantitative estimate of drug-likeness (QED) is 0.814. The third-order valence-electron chi connectivity index (χ3n) is 5.67. The van der Waals surface area contributed by atoms with Gasteiger partial charge in [0.1, 0.15) is 5.56 Å². The van der Waals surface area contributed by atoms with Crippen molar-refractivity contribution in [3.8, 4) is 0 Å². The van der Waals surface area contributed by atoms with Gasteiger partial charge >= 0.3 is 0 Å². The predicted octanol–water partition coefficient (Wildman–Crippen LogP) is 1.38. The van der Waals surface area contributed by atoms with Gasteiger partial charge in [0.15, 0.2) is 0 Å². The standard InChI is InChI=1S/C21H27N5O3/c1-13(2)21(29)25-7-8-26-16(12-25)10-15(24-26)11-22-19(27)17-9-14-5-3-4-6-18(14)23-20(17)28/h9-10,13H,3-8,11-12H2,1-2H3,(H,22,27)(H,23,28). The number of hydrogen-bond acceptors (Lipinski definition) is 4. The van der Waals surface area contributed by atoms with Crippen LogP contribution in [0.3, 0.4) is 0 Å². The van der Waals surface area contributed by atoms with Gasteiger partial charge in [-0.3, -0.25) is 19.1 Å². The van der Waals surface area contributed by atoms with E-state index in [1.165, 1.54) is 0 Å². The van der Waals surface area contributed by atoms with Gasteiger partial charge in [0.05, 0.1) is 31.0 Å². The molecule has 0 spiro atoms. The summed E-state index contributed by atoms with van der Waals surface area (Å²) in [5.41, 5.74) is 3.52.